The van der Waals surface area contributed by atoms with E-state index >= 15 is 0 Å². The molecule has 1 aromatic carbocycles. The first kappa shape index (κ1) is 19.9. The monoisotopic (exact) mass is 398 g/mol. The molecule has 156 valence electrons. The van der Waals surface area contributed by atoms with Crippen LogP contribution in [0.1, 0.15) is 81.0 Å². The first-order valence-corrected chi connectivity index (χ1v) is 10.7. The highest BCUT2D eigenvalue weighted by molar-refractivity contribution is 5.75. The standard InChI is InChI=1S/C22H30N4O3/c1-15(27)13-18(16-7-3-2-4-8-16)14-23-21(28)25-22(11-5-6-12-22)20-24-19(29-26-20)17-9-10-17/h2-4,7-8,15,17-18,27H,5-6,9-14H2,1H3,(H2,23,25,28)/t15-,18-/m1/s1. The lowest BCUT2D eigenvalue weighted by Gasteiger charge is -2.27. The second kappa shape index (κ2) is 8.53. The summed E-state index contributed by atoms with van der Waals surface area (Å²) in [6, 6.07) is 9.76. The smallest absolute Gasteiger partial charge is 0.315 e. The number of nitrogens with one attached hydrogen (secondary N) is 2. The van der Waals surface area contributed by atoms with Crippen LogP contribution in [0, 0.1) is 0 Å². The van der Waals surface area contributed by atoms with Gasteiger partial charge in [0.15, 0.2) is 5.82 Å². The van der Waals surface area contributed by atoms with Crippen LogP contribution in [0.25, 0.3) is 0 Å². The first-order chi connectivity index (χ1) is 14.1. The molecule has 2 aromatic rings. The summed E-state index contributed by atoms with van der Waals surface area (Å²) < 4.78 is 5.45. The number of nitrogens with zero attached hydrogens (tertiary/aromatic N) is 2. The highest BCUT2D eigenvalue weighted by Gasteiger charge is 2.42. The van der Waals surface area contributed by atoms with E-state index in [0.29, 0.717) is 30.6 Å². The third-order valence-electron chi connectivity index (χ3n) is 6.01. The molecule has 0 aliphatic heterocycles. The van der Waals surface area contributed by atoms with Crippen LogP contribution in [-0.4, -0.2) is 33.9 Å². The van der Waals surface area contributed by atoms with E-state index < -0.39 is 11.6 Å². The van der Waals surface area contributed by atoms with Crippen molar-refractivity contribution in [3.8, 4) is 0 Å². The third kappa shape index (κ3) is 4.78. The number of benzene rings is 1. The van der Waals surface area contributed by atoms with Crippen LogP contribution in [0.4, 0.5) is 4.79 Å². The van der Waals surface area contributed by atoms with Gasteiger partial charge < -0.3 is 20.3 Å². The van der Waals surface area contributed by atoms with Gasteiger partial charge in [-0.3, -0.25) is 0 Å². The molecule has 0 unspecified atom stereocenters. The number of aliphatic hydroxyl groups excluding tert-OH is 1. The number of rotatable bonds is 8. The highest BCUT2D eigenvalue weighted by atomic mass is 16.5. The number of carbonyl (C=O) groups excluding carboxylic acids is 1. The van der Waals surface area contributed by atoms with Gasteiger partial charge in [0.25, 0.3) is 0 Å². The predicted molar refractivity (Wildman–Crippen MR) is 108 cm³/mol. The summed E-state index contributed by atoms with van der Waals surface area (Å²) in [5.41, 5.74) is 0.560. The van der Waals surface area contributed by atoms with E-state index in [4.69, 9.17) is 4.52 Å². The van der Waals surface area contributed by atoms with Gasteiger partial charge in [-0.05, 0) is 44.6 Å². The maximum absolute atomic E-state index is 12.8. The van der Waals surface area contributed by atoms with E-state index in [-0.39, 0.29) is 11.9 Å². The fourth-order valence-corrected chi connectivity index (χ4v) is 4.26. The Hall–Kier alpha value is -2.41. The summed E-state index contributed by atoms with van der Waals surface area (Å²) in [6.07, 6.45) is 6.06. The number of hydrogen-bond donors (Lipinski definition) is 3. The van der Waals surface area contributed by atoms with Crippen LogP contribution in [-0.2, 0) is 5.54 Å². The Morgan fingerprint density at radius 1 is 1.28 bits per heavy atom. The van der Waals surface area contributed by atoms with E-state index in [0.717, 1.165) is 44.1 Å². The molecule has 4 rings (SSSR count). The number of urea groups is 1. The Kier molecular flexibility index (Phi) is 5.85. The average Bonchev–Trinajstić information content (AvgIpc) is 3.24. The van der Waals surface area contributed by atoms with Gasteiger partial charge in [-0.1, -0.05) is 48.3 Å². The van der Waals surface area contributed by atoms with Crippen LogP contribution in [0.5, 0.6) is 0 Å². The van der Waals surface area contributed by atoms with Crippen molar-refractivity contribution in [3.05, 3.63) is 47.6 Å². The molecule has 2 atom stereocenters. The molecule has 1 aromatic heterocycles. The molecular formula is C22H30N4O3. The Morgan fingerprint density at radius 3 is 2.66 bits per heavy atom. The maximum Gasteiger partial charge on any atom is 0.315 e. The van der Waals surface area contributed by atoms with E-state index in [1.54, 1.807) is 6.92 Å². The molecular weight excluding hydrogens is 368 g/mol. The molecule has 2 amide bonds. The number of aliphatic hydroxyl groups is 1. The minimum atomic E-state index is -0.548. The molecule has 0 spiro atoms. The number of aromatic nitrogens is 2. The Bertz CT molecular complexity index is 810. The topological polar surface area (TPSA) is 100 Å². The van der Waals surface area contributed by atoms with Crippen LogP contribution in [0.3, 0.4) is 0 Å². The molecule has 7 heteroatoms. The van der Waals surface area contributed by atoms with Gasteiger partial charge in [-0.15, -0.1) is 0 Å². The van der Waals surface area contributed by atoms with Gasteiger partial charge >= 0.3 is 6.03 Å². The fraction of sp³-hybridized carbons (Fsp3) is 0.591. The quantitative estimate of drug-likeness (QED) is 0.631. The lowest BCUT2D eigenvalue weighted by Crippen LogP contribution is -2.49. The molecule has 29 heavy (non-hydrogen) atoms. The molecule has 3 N–H and O–H groups in total. The average molecular weight is 399 g/mol. The normalized spacial score (nSPS) is 20.2. The molecule has 0 radical (unpaired) electrons. The second-order valence-electron chi connectivity index (χ2n) is 8.55. The predicted octanol–water partition coefficient (Wildman–Crippen LogP) is 3.57. The fourth-order valence-electron chi connectivity index (χ4n) is 4.26. The molecule has 2 aliphatic rings. The van der Waals surface area contributed by atoms with Gasteiger partial charge in [0.05, 0.1) is 6.10 Å². The van der Waals surface area contributed by atoms with Crippen molar-refractivity contribution in [1.82, 2.24) is 20.8 Å². The van der Waals surface area contributed by atoms with E-state index in [1.807, 2.05) is 30.3 Å². The van der Waals surface area contributed by atoms with Crippen molar-refractivity contribution in [3.63, 3.8) is 0 Å². The zero-order chi connectivity index (χ0) is 20.3. The van der Waals surface area contributed by atoms with Crippen LogP contribution in [0.2, 0.25) is 0 Å². The minimum absolute atomic E-state index is 0.0492. The van der Waals surface area contributed by atoms with Crippen molar-refractivity contribution in [2.45, 2.75) is 75.3 Å². The number of hydrogen-bond acceptors (Lipinski definition) is 5. The van der Waals surface area contributed by atoms with Gasteiger partial charge in [-0.2, -0.15) is 4.98 Å². The van der Waals surface area contributed by atoms with Gasteiger partial charge in [0, 0.05) is 18.4 Å². The van der Waals surface area contributed by atoms with Crippen molar-refractivity contribution in [2.75, 3.05) is 6.54 Å². The van der Waals surface area contributed by atoms with Crippen LogP contribution in [0.15, 0.2) is 34.9 Å². The molecule has 1 heterocycles. The lowest BCUT2D eigenvalue weighted by atomic mass is 9.93. The van der Waals surface area contributed by atoms with Crippen LogP contribution >= 0.6 is 0 Å². The Morgan fingerprint density at radius 2 is 2.00 bits per heavy atom. The molecule has 7 nitrogen and oxygen atoms in total. The summed E-state index contributed by atoms with van der Waals surface area (Å²) >= 11 is 0. The summed E-state index contributed by atoms with van der Waals surface area (Å²) in [5.74, 6) is 1.76. The molecule has 0 bridgehead atoms. The lowest BCUT2D eigenvalue weighted by molar-refractivity contribution is 0.172. The Labute approximate surface area is 171 Å². The van der Waals surface area contributed by atoms with Crippen molar-refractivity contribution < 1.29 is 14.4 Å². The number of carbonyl (C=O) groups is 1. The third-order valence-corrected chi connectivity index (χ3v) is 6.01. The number of amides is 2. The van der Waals surface area contributed by atoms with Gasteiger partial charge in [-0.25, -0.2) is 4.79 Å². The van der Waals surface area contributed by atoms with Crippen molar-refractivity contribution in [1.29, 1.82) is 0 Å². The van der Waals surface area contributed by atoms with E-state index in [9.17, 15) is 9.90 Å². The summed E-state index contributed by atoms with van der Waals surface area (Å²) in [7, 11) is 0. The maximum atomic E-state index is 12.8. The summed E-state index contributed by atoms with van der Waals surface area (Å²) in [6.45, 7) is 2.23. The minimum Gasteiger partial charge on any atom is -0.393 e. The SMILES string of the molecule is C[C@@H](O)C[C@H](CNC(=O)NC1(c2noc(C3CC3)n2)CCCC1)c1ccccc1. The second-order valence-corrected chi connectivity index (χ2v) is 8.55. The van der Waals surface area contributed by atoms with Gasteiger partial charge in [0.2, 0.25) is 5.89 Å². The van der Waals surface area contributed by atoms with E-state index in [2.05, 4.69) is 20.8 Å². The molecule has 0 saturated heterocycles. The first-order valence-electron chi connectivity index (χ1n) is 10.7. The zero-order valence-electron chi connectivity index (χ0n) is 16.9. The highest BCUT2D eigenvalue weighted by Crippen LogP contribution is 2.42. The summed E-state index contributed by atoms with van der Waals surface area (Å²) in [4.78, 5) is 17.4. The zero-order valence-corrected chi connectivity index (χ0v) is 16.9. The van der Waals surface area contributed by atoms with Crippen molar-refractivity contribution >= 4 is 6.03 Å². The van der Waals surface area contributed by atoms with Gasteiger partial charge in [0.1, 0.15) is 5.54 Å². The van der Waals surface area contributed by atoms with E-state index in [1.165, 1.54) is 0 Å². The Balaban J connectivity index is 1.41. The summed E-state index contributed by atoms with van der Waals surface area (Å²) in [5, 5.41) is 20.2. The van der Waals surface area contributed by atoms with Crippen molar-refractivity contribution in [2.24, 2.45) is 0 Å². The molecule has 2 saturated carbocycles. The van der Waals surface area contributed by atoms with Crippen LogP contribution < -0.4 is 10.6 Å². The molecule has 2 aliphatic carbocycles. The largest absolute Gasteiger partial charge is 0.393 e. The molecule has 2 fully saturated rings.